The topological polar surface area (TPSA) is 35.6 Å². The smallest absolute Gasteiger partial charge is 0.0709 e. The van der Waals surface area contributed by atoms with E-state index in [4.69, 9.17) is 0 Å². The molecule has 0 saturated carbocycles. The highest BCUT2D eigenvalue weighted by Crippen LogP contribution is 2.28. The highest BCUT2D eigenvalue weighted by molar-refractivity contribution is 5.31. The summed E-state index contributed by atoms with van der Waals surface area (Å²) in [7, 11) is 4.00. The van der Waals surface area contributed by atoms with E-state index in [1.807, 2.05) is 23.5 Å². The van der Waals surface area contributed by atoms with Gasteiger partial charge in [0, 0.05) is 36.5 Å². The summed E-state index contributed by atoms with van der Waals surface area (Å²) < 4.78 is 3.91. The fraction of sp³-hybridized carbons (Fsp3) is 0.700. The molecule has 2 rings (SSSR count). The Morgan fingerprint density at radius 3 is 1.29 bits per heavy atom. The normalized spacial score (nSPS) is 12.2. The zero-order valence-corrected chi connectivity index (χ0v) is 17.8. The lowest BCUT2D eigenvalue weighted by Crippen LogP contribution is -2.13. The fourth-order valence-electron chi connectivity index (χ4n) is 3.29. The Bertz CT molecular complexity index is 704. The molecular weight excluding hydrogens is 296 g/mol. The van der Waals surface area contributed by atoms with E-state index in [9.17, 15) is 0 Å². The quantitative estimate of drug-likeness (QED) is 0.703. The zero-order chi connectivity index (χ0) is 19.0. The predicted octanol–water partition coefficient (Wildman–Crippen LogP) is 4.67. The van der Waals surface area contributed by atoms with Gasteiger partial charge in [0.2, 0.25) is 0 Å². The molecule has 0 unspecified atom stereocenters. The summed E-state index contributed by atoms with van der Waals surface area (Å²) in [4.78, 5) is 0. The van der Waals surface area contributed by atoms with E-state index in [0.717, 1.165) is 5.69 Å². The van der Waals surface area contributed by atoms with Crippen LogP contribution in [0.4, 0.5) is 0 Å². The Balaban J connectivity index is 0.000000240. The molecule has 24 heavy (non-hydrogen) atoms. The van der Waals surface area contributed by atoms with Gasteiger partial charge in [-0.2, -0.15) is 10.2 Å². The standard InChI is InChI=1S/2C10H18N2/c1-7-9(10(3,4)5)8(2)12(6)11-7;1-7-8(2)12(6)11-9(7)10(3,4)5/h2*1-6H3. The summed E-state index contributed by atoms with van der Waals surface area (Å²) >= 11 is 0. The van der Waals surface area contributed by atoms with E-state index in [1.165, 1.54) is 28.2 Å². The predicted molar refractivity (Wildman–Crippen MR) is 103 cm³/mol. The lowest BCUT2D eigenvalue weighted by atomic mass is 9.85. The molecule has 136 valence electrons. The van der Waals surface area contributed by atoms with E-state index < -0.39 is 0 Å². The molecule has 0 aliphatic rings. The summed E-state index contributed by atoms with van der Waals surface area (Å²) in [5, 5.41) is 8.89. The van der Waals surface area contributed by atoms with Crippen LogP contribution in [0.5, 0.6) is 0 Å². The Morgan fingerprint density at radius 1 is 0.667 bits per heavy atom. The van der Waals surface area contributed by atoms with Crippen LogP contribution >= 0.6 is 0 Å². The van der Waals surface area contributed by atoms with Crippen molar-refractivity contribution in [2.75, 3.05) is 0 Å². The molecule has 0 fully saturated rings. The van der Waals surface area contributed by atoms with Crippen LogP contribution in [0.2, 0.25) is 0 Å². The minimum atomic E-state index is 0.163. The second kappa shape index (κ2) is 6.73. The van der Waals surface area contributed by atoms with Crippen molar-refractivity contribution in [1.82, 2.24) is 19.6 Å². The third kappa shape index (κ3) is 4.28. The molecule has 0 saturated heterocycles. The van der Waals surface area contributed by atoms with E-state index >= 15 is 0 Å². The van der Waals surface area contributed by atoms with Gasteiger partial charge in [-0.25, -0.2) is 0 Å². The van der Waals surface area contributed by atoms with Gasteiger partial charge >= 0.3 is 0 Å². The number of hydrogen-bond acceptors (Lipinski definition) is 2. The van der Waals surface area contributed by atoms with Crippen LogP contribution < -0.4 is 0 Å². The Labute approximate surface area is 148 Å². The van der Waals surface area contributed by atoms with Crippen LogP contribution in [0.15, 0.2) is 0 Å². The highest BCUT2D eigenvalue weighted by atomic mass is 15.3. The maximum Gasteiger partial charge on any atom is 0.0709 e. The number of aryl methyl sites for hydroxylation is 3. The van der Waals surface area contributed by atoms with Gasteiger partial charge in [-0.3, -0.25) is 9.36 Å². The average molecular weight is 333 g/mol. The summed E-state index contributed by atoms with van der Waals surface area (Å²) in [6.07, 6.45) is 0. The SMILES string of the molecule is Cc1c(C(C)(C)C)nn(C)c1C.Cc1nn(C)c(C)c1C(C)(C)C. The Hall–Kier alpha value is -1.58. The second-order valence-electron chi connectivity index (χ2n) is 8.85. The molecule has 0 amide bonds. The van der Waals surface area contributed by atoms with Crippen molar-refractivity contribution >= 4 is 0 Å². The van der Waals surface area contributed by atoms with E-state index in [-0.39, 0.29) is 10.8 Å². The van der Waals surface area contributed by atoms with Crippen molar-refractivity contribution in [3.63, 3.8) is 0 Å². The number of nitrogens with zero attached hydrogens (tertiary/aromatic N) is 4. The van der Waals surface area contributed by atoms with Gasteiger partial charge in [-0.15, -0.1) is 0 Å². The van der Waals surface area contributed by atoms with Crippen molar-refractivity contribution in [3.8, 4) is 0 Å². The third-order valence-corrected chi connectivity index (χ3v) is 4.60. The first-order chi connectivity index (χ1) is 10.7. The average Bonchev–Trinajstić information content (AvgIpc) is 2.80. The first-order valence-electron chi connectivity index (χ1n) is 8.69. The van der Waals surface area contributed by atoms with Crippen molar-refractivity contribution in [1.29, 1.82) is 0 Å². The zero-order valence-electron chi connectivity index (χ0n) is 17.8. The van der Waals surface area contributed by atoms with Gasteiger partial charge in [-0.05, 0) is 38.7 Å². The molecule has 0 N–H and O–H groups in total. The number of aromatic nitrogens is 4. The molecule has 0 atom stereocenters. The van der Waals surface area contributed by atoms with Gasteiger partial charge in [0.05, 0.1) is 11.4 Å². The summed E-state index contributed by atoms with van der Waals surface area (Å²) in [6.45, 7) is 21.7. The molecule has 0 aliphatic heterocycles. The first kappa shape index (κ1) is 20.5. The molecule has 0 radical (unpaired) electrons. The minimum absolute atomic E-state index is 0.163. The molecule has 0 bridgehead atoms. The van der Waals surface area contributed by atoms with Gasteiger partial charge in [-0.1, -0.05) is 41.5 Å². The fourth-order valence-corrected chi connectivity index (χ4v) is 3.29. The Morgan fingerprint density at radius 2 is 1.12 bits per heavy atom. The maximum atomic E-state index is 4.50. The molecule has 2 aromatic rings. The number of rotatable bonds is 0. The van der Waals surface area contributed by atoms with Crippen LogP contribution in [0.1, 0.15) is 75.4 Å². The van der Waals surface area contributed by atoms with Crippen LogP contribution in [-0.2, 0) is 24.9 Å². The van der Waals surface area contributed by atoms with E-state index in [1.54, 1.807) is 0 Å². The van der Waals surface area contributed by atoms with E-state index in [2.05, 4.69) is 79.4 Å². The molecule has 2 heterocycles. The molecule has 0 aromatic carbocycles. The van der Waals surface area contributed by atoms with E-state index in [0.29, 0.717) is 0 Å². The second-order valence-corrected chi connectivity index (χ2v) is 8.85. The summed E-state index contributed by atoms with van der Waals surface area (Å²) in [6, 6.07) is 0. The van der Waals surface area contributed by atoms with Crippen LogP contribution in [0, 0.1) is 27.7 Å². The molecule has 2 aromatic heterocycles. The largest absolute Gasteiger partial charge is 0.272 e. The van der Waals surface area contributed by atoms with Gasteiger partial charge in [0.25, 0.3) is 0 Å². The molecule has 0 spiro atoms. The maximum absolute atomic E-state index is 4.50. The van der Waals surface area contributed by atoms with Crippen LogP contribution in [0.3, 0.4) is 0 Å². The highest BCUT2D eigenvalue weighted by Gasteiger charge is 2.22. The lowest BCUT2D eigenvalue weighted by Gasteiger charge is -2.19. The molecule has 4 heteroatoms. The van der Waals surface area contributed by atoms with Crippen LogP contribution in [-0.4, -0.2) is 19.6 Å². The molecule has 4 nitrogen and oxygen atoms in total. The number of hydrogen-bond donors (Lipinski definition) is 0. The minimum Gasteiger partial charge on any atom is -0.272 e. The van der Waals surface area contributed by atoms with Crippen LogP contribution in [0.25, 0.3) is 0 Å². The summed E-state index contributed by atoms with van der Waals surface area (Å²) in [5.74, 6) is 0. The monoisotopic (exact) mass is 332 g/mol. The third-order valence-electron chi connectivity index (χ3n) is 4.60. The van der Waals surface area contributed by atoms with Crippen molar-refractivity contribution < 1.29 is 0 Å². The van der Waals surface area contributed by atoms with Crippen molar-refractivity contribution in [2.45, 2.75) is 80.1 Å². The first-order valence-corrected chi connectivity index (χ1v) is 8.69. The molecule has 0 aliphatic carbocycles. The van der Waals surface area contributed by atoms with Gasteiger partial charge in [0.1, 0.15) is 0 Å². The summed E-state index contributed by atoms with van der Waals surface area (Å²) in [5.41, 5.74) is 7.98. The van der Waals surface area contributed by atoms with Crippen molar-refractivity contribution in [2.24, 2.45) is 14.1 Å². The Kier molecular flexibility index (Phi) is 5.74. The lowest BCUT2D eigenvalue weighted by molar-refractivity contribution is 0.550. The molecular formula is C20H36N4. The van der Waals surface area contributed by atoms with Gasteiger partial charge in [0.15, 0.2) is 0 Å². The van der Waals surface area contributed by atoms with Crippen molar-refractivity contribution in [3.05, 3.63) is 33.9 Å². The van der Waals surface area contributed by atoms with Gasteiger partial charge < -0.3 is 0 Å².